The first-order valence-electron chi connectivity index (χ1n) is 6.19. The number of aryl methyl sites for hydroxylation is 2. The van der Waals surface area contributed by atoms with E-state index in [9.17, 15) is 9.59 Å². The molecule has 1 heterocycles. The fraction of sp³-hybridized carbons (Fsp3) is 0.214. The Hall–Kier alpha value is -2.63. The highest BCUT2D eigenvalue weighted by molar-refractivity contribution is 6.06. The summed E-state index contributed by atoms with van der Waals surface area (Å²) < 4.78 is 5.02. The Morgan fingerprint density at radius 1 is 1.30 bits per heavy atom. The average molecular weight is 273 g/mol. The zero-order valence-corrected chi connectivity index (χ0v) is 11.3. The van der Waals surface area contributed by atoms with Crippen molar-refractivity contribution >= 4 is 17.5 Å². The van der Waals surface area contributed by atoms with Crippen LogP contribution >= 0.6 is 0 Å². The van der Waals surface area contributed by atoms with Crippen LogP contribution < -0.4 is 11.1 Å². The number of aromatic nitrogens is 1. The number of anilines is 1. The van der Waals surface area contributed by atoms with Crippen molar-refractivity contribution in [3.63, 3.8) is 0 Å². The molecule has 0 radical (unpaired) electrons. The van der Waals surface area contributed by atoms with E-state index in [0.29, 0.717) is 34.7 Å². The fourth-order valence-electron chi connectivity index (χ4n) is 1.86. The Balaban J connectivity index is 2.19. The molecule has 0 aliphatic carbocycles. The molecule has 104 valence electrons. The van der Waals surface area contributed by atoms with Gasteiger partial charge in [0.05, 0.1) is 5.69 Å². The van der Waals surface area contributed by atoms with Crippen LogP contribution in [-0.4, -0.2) is 17.0 Å². The van der Waals surface area contributed by atoms with Crippen molar-refractivity contribution in [1.29, 1.82) is 0 Å². The summed E-state index contributed by atoms with van der Waals surface area (Å²) in [4.78, 5) is 23.2. The Labute approximate surface area is 115 Å². The van der Waals surface area contributed by atoms with Crippen molar-refractivity contribution < 1.29 is 14.1 Å². The SMILES string of the molecule is CCc1noc(C)c1C(=O)Nc1ccc(C(N)=O)cc1. The zero-order valence-electron chi connectivity index (χ0n) is 11.3. The summed E-state index contributed by atoms with van der Waals surface area (Å²) in [5, 5.41) is 6.57. The first kappa shape index (κ1) is 13.8. The smallest absolute Gasteiger partial charge is 0.261 e. The lowest BCUT2D eigenvalue weighted by Crippen LogP contribution is -2.15. The van der Waals surface area contributed by atoms with Gasteiger partial charge in [0, 0.05) is 11.3 Å². The van der Waals surface area contributed by atoms with Crippen LogP contribution in [0.5, 0.6) is 0 Å². The molecule has 2 rings (SSSR count). The van der Waals surface area contributed by atoms with Crippen molar-refractivity contribution in [1.82, 2.24) is 5.16 Å². The van der Waals surface area contributed by atoms with Gasteiger partial charge in [0.1, 0.15) is 11.3 Å². The predicted octanol–water partition coefficient (Wildman–Crippen LogP) is 1.90. The van der Waals surface area contributed by atoms with Gasteiger partial charge in [-0.2, -0.15) is 0 Å². The van der Waals surface area contributed by atoms with E-state index in [2.05, 4.69) is 10.5 Å². The van der Waals surface area contributed by atoms with Crippen LogP contribution in [0.15, 0.2) is 28.8 Å². The van der Waals surface area contributed by atoms with E-state index in [1.165, 1.54) is 0 Å². The molecular formula is C14H15N3O3. The number of hydrogen-bond donors (Lipinski definition) is 2. The van der Waals surface area contributed by atoms with E-state index in [0.717, 1.165) is 0 Å². The molecule has 0 fully saturated rings. The van der Waals surface area contributed by atoms with E-state index in [1.54, 1.807) is 31.2 Å². The lowest BCUT2D eigenvalue weighted by atomic mass is 10.1. The van der Waals surface area contributed by atoms with E-state index >= 15 is 0 Å². The van der Waals surface area contributed by atoms with Crippen LogP contribution in [0.25, 0.3) is 0 Å². The van der Waals surface area contributed by atoms with Gasteiger partial charge in [-0.15, -0.1) is 0 Å². The highest BCUT2D eigenvalue weighted by Crippen LogP contribution is 2.17. The van der Waals surface area contributed by atoms with Crippen molar-refractivity contribution in [2.24, 2.45) is 5.73 Å². The maximum absolute atomic E-state index is 12.2. The Bertz CT molecular complexity index is 644. The number of nitrogens with one attached hydrogen (secondary N) is 1. The number of carbonyl (C=O) groups excluding carboxylic acids is 2. The number of hydrogen-bond acceptors (Lipinski definition) is 4. The van der Waals surface area contributed by atoms with Gasteiger partial charge in [-0.1, -0.05) is 12.1 Å². The van der Waals surface area contributed by atoms with Crippen LogP contribution in [0.3, 0.4) is 0 Å². The summed E-state index contributed by atoms with van der Waals surface area (Å²) in [6.07, 6.45) is 0.612. The molecular weight excluding hydrogens is 258 g/mol. The van der Waals surface area contributed by atoms with E-state index < -0.39 is 5.91 Å². The molecule has 2 aromatic rings. The second kappa shape index (κ2) is 5.56. The van der Waals surface area contributed by atoms with Crippen LogP contribution in [0.2, 0.25) is 0 Å². The molecule has 3 N–H and O–H groups in total. The number of amides is 2. The summed E-state index contributed by atoms with van der Waals surface area (Å²) >= 11 is 0. The molecule has 0 atom stereocenters. The highest BCUT2D eigenvalue weighted by atomic mass is 16.5. The predicted molar refractivity (Wildman–Crippen MR) is 73.5 cm³/mol. The maximum Gasteiger partial charge on any atom is 0.261 e. The van der Waals surface area contributed by atoms with Gasteiger partial charge in [0.2, 0.25) is 5.91 Å². The molecule has 1 aromatic heterocycles. The molecule has 0 saturated heterocycles. The number of benzene rings is 1. The minimum absolute atomic E-state index is 0.285. The average Bonchev–Trinajstić information content (AvgIpc) is 2.80. The summed E-state index contributed by atoms with van der Waals surface area (Å²) in [6.45, 7) is 3.59. The van der Waals surface area contributed by atoms with Crippen LogP contribution in [0.4, 0.5) is 5.69 Å². The maximum atomic E-state index is 12.2. The van der Waals surface area contributed by atoms with Crippen molar-refractivity contribution in [2.75, 3.05) is 5.32 Å². The normalized spacial score (nSPS) is 10.3. The quantitative estimate of drug-likeness (QED) is 0.888. The summed E-state index contributed by atoms with van der Waals surface area (Å²) in [5.41, 5.74) is 7.18. The van der Waals surface area contributed by atoms with Crippen LogP contribution in [0, 0.1) is 6.92 Å². The third-order valence-corrected chi connectivity index (χ3v) is 2.92. The van der Waals surface area contributed by atoms with Crippen molar-refractivity contribution in [3.8, 4) is 0 Å². The van der Waals surface area contributed by atoms with Gasteiger partial charge in [-0.3, -0.25) is 9.59 Å². The van der Waals surface area contributed by atoms with Gasteiger partial charge in [-0.25, -0.2) is 0 Å². The molecule has 2 amide bonds. The minimum atomic E-state index is -0.508. The Morgan fingerprint density at radius 3 is 2.50 bits per heavy atom. The third kappa shape index (κ3) is 2.69. The van der Waals surface area contributed by atoms with Crippen LogP contribution in [0.1, 0.15) is 39.1 Å². The Morgan fingerprint density at radius 2 is 1.95 bits per heavy atom. The van der Waals surface area contributed by atoms with Gasteiger partial charge < -0.3 is 15.6 Å². The van der Waals surface area contributed by atoms with Gasteiger partial charge in [-0.05, 0) is 37.6 Å². The number of primary amides is 1. The van der Waals surface area contributed by atoms with Crippen molar-refractivity contribution in [3.05, 3.63) is 46.8 Å². The number of carbonyl (C=O) groups is 2. The molecule has 0 unspecified atom stereocenters. The summed E-state index contributed by atoms with van der Waals surface area (Å²) in [6, 6.07) is 6.34. The van der Waals surface area contributed by atoms with E-state index in [-0.39, 0.29) is 5.91 Å². The van der Waals surface area contributed by atoms with Crippen molar-refractivity contribution in [2.45, 2.75) is 20.3 Å². The van der Waals surface area contributed by atoms with E-state index in [4.69, 9.17) is 10.3 Å². The van der Waals surface area contributed by atoms with Gasteiger partial charge in [0.15, 0.2) is 0 Å². The molecule has 6 heteroatoms. The minimum Gasteiger partial charge on any atom is -0.366 e. The largest absolute Gasteiger partial charge is 0.366 e. The molecule has 0 spiro atoms. The summed E-state index contributed by atoms with van der Waals surface area (Å²) in [7, 11) is 0. The molecule has 0 aliphatic heterocycles. The lowest BCUT2D eigenvalue weighted by molar-refractivity contribution is 0.0998. The van der Waals surface area contributed by atoms with E-state index in [1.807, 2.05) is 6.92 Å². The summed E-state index contributed by atoms with van der Waals surface area (Å²) in [5.74, 6) is -0.313. The Kier molecular flexibility index (Phi) is 3.84. The zero-order chi connectivity index (χ0) is 14.7. The molecule has 20 heavy (non-hydrogen) atoms. The molecule has 6 nitrogen and oxygen atoms in total. The standard InChI is InChI=1S/C14H15N3O3/c1-3-11-12(8(2)20-17-11)14(19)16-10-6-4-9(5-7-10)13(15)18/h4-7H,3H2,1-2H3,(H2,15,18)(H,16,19). The second-order valence-corrected chi connectivity index (χ2v) is 4.31. The highest BCUT2D eigenvalue weighted by Gasteiger charge is 2.19. The second-order valence-electron chi connectivity index (χ2n) is 4.31. The molecule has 1 aromatic carbocycles. The van der Waals surface area contributed by atoms with Gasteiger partial charge in [0.25, 0.3) is 5.91 Å². The number of nitrogens with two attached hydrogens (primary N) is 1. The number of nitrogens with zero attached hydrogens (tertiary/aromatic N) is 1. The molecule has 0 saturated carbocycles. The molecule has 0 bridgehead atoms. The first-order valence-corrected chi connectivity index (χ1v) is 6.19. The molecule has 0 aliphatic rings. The number of rotatable bonds is 4. The third-order valence-electron chi connectivity index (χ3n) is 2.92. The first-order chi connectivity index (χ1) is 9.52. The lowest BCUT2D eigenvalue weighted by Gasteiger charge is -2.05. The monoisotopic (exact) mass is 273 g/mol. The van der Waals surface area contributed by atoms with Crippen LogP contribution in [-0.2, 0) is 6.42 Å². The fourth-order valence-corrected chi connectivity index (χ4v) is 1.86. The topological polar surface area (TPSA) is 98.2 Å². The van der Waals surface area contributed by atoms with Gasteiger partial charge >= 0.3 is 0 Å².